The van der Waals surface area contributed by atoms with Crippen molar-refractivity contribution in [2.45, 2.75) is 12.7 Å². The SMILES string of the molecule is O=C(NOCc1cccnc1)C1COc2ccccc2O1. The van der Waals surface area contributed by atoms with Gasteiger partial charge in [0.25, 0.3) is 5.91 Å². The maximum Gasteiger partial charge on any atom is 0.288 e. The van der Waals surface area contributed by atoms with Gasteiger partial charge in [0.15, 0.2) is 11.5 Å². The molecule has 108 valence electrons. The summed E-state index contributed by atoms with van der Waals surface area (Å²) in [6, 6.07) is 10.9. The van der Waals surface area contributed by atoms with E-state index in [1.807, 2.05) is 18.2 Å². The molecule has 0 spiro atoms. The number of carbonyl (C=O) groups excluding carboxylic acids is 1. The predicted octanol–water partition coefficient (Wildman–Crippen LogP) is 1.47. The fraction of sp³-hybridized carbons (Fsp3) is 0.200. The molecule has 2 heterocycles. The minimum Gasteiger partial charge on any atom is -0.485 e. The van der Waals surface area contributed by atoms with E-state index >= 15 is 0 Å². The van der Waals surface area contributed by atoms with Crippen LogP contribution in [-0.2, 0) is 16.2 Å². The largest absolute Gasteiger partial charge is 0.485 e. The Hall–Kier alpha value is -2.60. The molecule has 1 aromatic heterocycles. The average molecular weight is 286 g/mol. The van der Waals surface area contributed by atoms with Crippen molar-refractivity contribution in [1.82, 2.24) is 10.5 Å². The van der Waals surface area contributed by atoms with Crippen molar-refractivity contribution >= 4 is 5.91 Å². The third kappa shape index (κ3) is 3.29. The summed E-state index contributed by atoms with van der Waals surface area (Å²) in [6.45, 7) is 0.392. The summed E-state index contributed by atoms with van der Waals surface area (Å²) >= 11 is 0. The summed E-state index contributed by atoms with van der Waals surface area (Å²) in [5.41, 5.74) is 3.22. The van der Waals surface area contributed by atoms with E-state index in [0.29, 0.717) is 11.5 Å². The number of carbonyl (C=O) groups is 1. The van der Waals surface area contributed by atoms with E-state index in [1.54, 1.807) is 30.6 Å². The Kier molecular flexibility index (Phi) is 3.97. The van der Waals surface area contributed by atoms with Crippen LogP contribution in [0, 0.1) is 0 Å². The lowest BCUT2D eigenvalue weighted by molar-refractivity contribution is -0.144. The van der Waals surface area contributed by atoms with E-state index in [2.05, 4.69) is 10.5 Å². The molecule has 3 rings (SSSR count). The van der Waals surface area contributed by atoms with E-state index in [1.165, 1.54) is 0 Å². The molecule has 0 radical (unpaired) electrons. The normalized spacial score (nSPS) is 16.3. The van der Waals surface area contributed by atoms with Gasteiger partial charge in [0.2, 0.25) is 6.10 Å². The van der Waals surface area contributed by atoms with Crippen LogP contribution in [0.25, 0.3) is 0 Å². The minimum absolute atomic E-state index is 0.152. The maximum atomic E-state index is 11.9. The smallest absolute Gasteiger partial charge is 0.288 e. The first-order valence-electron chi connectivity index (χ1n) is 6.52. The zero-order valence-electron chi connectivity index (χ0n) is 11.2. The van der Waals surface area contributed by atoms with Gasteiger partial charge >= 0.3 is 0 Å². The van der Waals surface area contributed by atoms with E-state index in [4.69, 9.17) is 14.3 Å². The Morgan fingerprint density at radius 1 is 1.29 bits per heavy atom. The van der Waals surface area contributed by atoms with Crippen LogP contribution in [0.2, 0.25) is 0 Å². The quantitative estimate of drug-likeness (QED) is 0.862. The number of rotatable bonds is 4. The number of hydrogen-bond acceptors (Lipinski definition) is 5. The van der Waals surface area contributed by atoms with Gasteiger partial charge in [-0.2, -0.15) is 0 Å². The molecule has 2 aromatic rings. The van der Waals surface area contributed by atoms with Gasteiger partial charge in [0, 0.05) is 12.4 Å². The summed E-state index contributed by atoms with van der Waals surface area (Å²) < 4.78 is 11.0. The number of hydroxylamine groups is 1. The number of amides is 1. The first-order valence-corrected chi connectivity index (χ1v) is 6.52. The standard InChI is InChI=1S/C15H14N2O4/c18-15(17-20-9-11-4-3-7-16-8-11)14-10-19-12-5-1-2-6-13(12)21-14/h1-8,14H,9-10H2,(H,17,18). The molecule has 21 heavy (non-hydrogen) atoms. The van der Waals surface area contributed by atoms with Crippen molar-refractivity contribution in [3.63, 3.8) is 0 Å². The second-order valence-electron chi connectivity index (χ2n) is 4.48. The van der Waals surface area contributed by atoms with Crippen LogP contribution >= 0.6 is 0 Å². The monoisotopic (exact) mass is 286 g/mol. The van der Waals surface area contributed by atoms with E-state index in [-0.39, 0.29) is 19.1 Å². The molecular formula is C15H14N2O4. The summed E-state index contributed by atoms with van der Waals surface area (Å²) in [7, 11) is 0. The maximum absolute atomic E-state index is 11.9. The molecule has 0 saturated heterocycles. The first kappa shape index (κ1) is 13.4. The summed E-state index contributed by atoms with van der Waals surface area (Å²) in [4.78, 5) is 21.0. The second-order valence-corrected chi connectivity index (χ2v) is 4.48. The van der Waals surface area contributed by atoms with Crippen molar-refractivity contribution in [3.8, 4) is 11.5 Å². The third-order valence-electron chi connectivity index (χ3n) is 2.94. The van der Waals surface area contributed by atoms with Gasteiger partial charge in [-0.3, -0.25) is 14.6 Å². The van der Waals surface area contributed by atoms with Crippen molar-refractivity contribution in [3.05, 3.63) is 54.4 Å². The van der Waals surface area contributed by atoms with Gasteiger partial charge in [-0.25, -0.2) is 5.48 Å². The minimum atomic E-state index is -0.728. The van der Waals surface area contributed by atoms with Gasteiger partial charge in [-0.1, -0.05) is 18.2 Å². The molecule has 1 amide bonds. The molecular weight excluding hydrogens is 272 g/mol. The lowest BCUT2D eigenvalue weighted by Gasteiger charge is -2.25. The number of fused-ring (bicyclic) bond motifs is 1. The third-order valence-corrected chi connectivity index (χ3v) is 2.94. The zero-order chi connectivity index (χ0) is 14.5. The molecule has 6 nitrogen and oxygen atoms in total. The molecule has 1 atom stereocenters. The molecule has 1 N–H and O–H groups in total. The van der Waals surface area contributed by atoms with Gasteiger partial charge in [0.05, 0.1) is 0 Å². The molecule has 1 aliphatic heterocycles. The Bertz CT molecular complexity index is 618. The van der Waals surface area contributed by atoms with Gasteiger partial charge in [0.1, 0.15) is 13.2 Å². The number of nitrogens with zero attached hydrogens (tertiary/aromatic N) is 1. The Morgan fingerprint density at radius 2 is 2.14 bits per heavy atom. The highest BCUT2D eigenvalue weighted by Crippen LogP contribution is 2.30. The molecule has 0 bridgehead atoms. The fourth-order valence-electron chi connectivity index (χ4n) is 1.89. The van der Waals surface area contributed by atoms with Crippen LogP contribution in [0.15, 0.2) is 48.8 Å². The van der Waals surface area contributed by atoms with Crippen molar-refractivity contribution in [2.24, 2.45) is 0 Å². The second kappa shape index (κ2) is 6.23. The van der Waals surface area contributed by atoms with Crippen LogP contribution in [0.4, 0.5) is 0 Å². The van der Waals surface area contributed by atoms with E-state index in [9.17, 15) is 4.79 Å². The highest BCUT2D eigenvalue weighted by Gasteiger charge is 2.27. The Balaban J connectivity index is 1.50. The van der Waals surface area contributed by atoms with E-state index < -0.39 is 6.10 Å². The summed E-state index contributed by atoms with van der Waals surface area (Å²) in [6.07, 6.45) is 2.61. The molecule has 1 aromatic carbocycles. The highest BCUT2D eigenvalue weighted by atomic mass is 16.7. The first-order chi connectivity index (χ1) is 10.3. The van der Waals surface area contributed by atoms with Gasteiger partial charge in [-0.05, 0) is 23.8 Å². The highest BCUT2D eigenvalue weighted by molar-refractivity contribution is 5.80. The van der Waals surface area contributed by atoms with Crippen LogP contribution in [-0.4, -0.2) is 23.6 Å². The number of pyridine rings is 1. The summed E-state index contributed by atoms with van der Waals surface area (Å²) in [5, 5.41) is 0. The molecule has 6 heteroatoms. The molecule has 1 unspecified atom stereocenters. The summed E-state index contributed by atoms with van der Waals surface area (Å²) in [5.74, 6) is 0.808. The number of para-hydroxylation sites is 2. The molecule has 0 aliphatic carbocycles. The van der Waals surface area contributed by atoms with Crippen LogP contribution in [0.1, 0.15) is 5.56 Å². The van der Waals surface area contributed by atoms with Crippen LogP contribution in [0.3, 0.4) is 0 Å². The van der Waals surface area contributed by atoms with Gasteiger partial charge < -0.3 is 9.47 Å². The number of nitrogens with one attached hydrogen (secondary N) is 1. The number of benzene rings is 1. The van der Waals surface area contributed by atoms with Crippen molar-refractivity contribution < 1.29 is 19.1 Å². The van der Waals surface area contributed by atoms with Crippen LogP contribution < -0.4 is 15.0 Å². The van der Waals surface area contributed by atoms with Crippen molar-refractivity contribution in [1.29, 1.82) is 0 Å². The number of aromatic nitrogens is 1. The van der Waals surface area contributed by atoms with E-state index in [0.717, 1.165) is 5.56 Å². The molecule has 1 aliphatic rings. The lowest BCUT2D eigenvalue weighted by Crippen LogP contribution is -2.43. The van der Waals surface area contributed by atoms with Gasteiger partial charge in [-0.15, -0.1) is 0 Å². The Labute approximate surface area is 121 Å². The topological polar surface area (TPSA) is 69.7 Å². The number of ether oxygens (including phenoxy) is 2. The fourth-order valence-corrected chi connectivity index (χ4v) is 1.89. The predicted molar refractivity (Wildman–Crippen MR) is 73.5 cm³/mol. The average Bonchev–Trinajstić information content (AvgIpc) is 2.55. The lowest BCUT2D eigenvalue weighted by atomic mass is 10.2. The van der Waals surface area contributed by atoms with Crippen molar-refractivity contribution in [2.75, 3.05) is 6.61 Å². The Morgan fingerprint density at radius 3 is 2.95 bits per heavy atom. The zero-order valence-corrected chi connectivity index (χ0v) is 11.2. The molecule has 0 fully saturated rings. The molecule has 0 saturated carbocycles. The van der Waals surface area contributed by atoms with Crippen LogP contribution in [0.5, 0.6) is 11.5 Å². The number of hydrogen-bond donors (Lipinski definition) is 1.